The Hall–Kier alpha value is -0.0900. The van der Waals surface area contributed by atoms with Gasteiger partial charge in [0.1, 0.15) is 9.84 Å². The Kier molecular flexibility index (Phi) is 4.59. The third-order valence-corrected chi connectivity index (χ3v) is 4.27. The Morgan fingerprint density at radius 2 is 1.53 bits per heavy atom. The van der Waals surface area contributed by atoms with Crippen molar-refractivity contribution in [1.82, 2.24) is 0 Å². The summed E-state index contributed by atoms with van der Waals surface area (Å²) < 4.78 is 22.2. The van der Waals surface area contributed by atoms with Crippen LogP contribution in [0.5, 0.6) is 0 Å². The average Bonchev–Trinajstić information content (AvgIpc) is 2.08. The first-order chi connectivity index (χ1) is 6.91. The number of nitrogens with two attached hydrogens (primary N) is 1. The molecule has 0 aromatic rings. The molecular formula is C11H23NO2S. The monoisotopic (exact) mass is 233 g/mol. The van der Waals surface area contributed by atoms with E-state index >= 15 is 0 Å². The first kappa shape index (κ1) is 13.0. The Labute approximate surface area is 93.3 Å². The summed E-state index contributed by atoms with van der Waals surface area (Å²) in [7, 11) is -2.86. The van der Waals surface area contributed by atoms with Crippen molar-refractivity contribution in [2.45, 2.75) is 56.9 Å². The van der Waals surface area contributed by atoms with Gasteiger partial charge in [-0.2, -0.15) is 0 Å². The van der Waals surface area contributed by atoms with Crippen LogP contribution in [0.1, 0.15) is 51.4 Å². The second kappa shape index (κ2) is 5.30. The van der Waals surface area contributed by atoms with Gasteiger partial charge in [0.15, 0.2) is 0 Å². The molecule has 15 heavy (non-hydrogen) atoms. The third-order valence-electron chi connectivity index (χ3n) is 3.32. The zero-order valence-corrected chi connectivity index (χ0v) is 10.5. The van der Waals surface area contributed by atoms with Crippen molar-refractivity contribution in [3.05, 3.63) is 0 Å². The summed E-state index contributed by atoms with van der Waals surface area (Å²) in [5.41, 5.74) is 6.05. The number of hydrogen-bond donors (Lipinski definition) is 1. The molecule has 0 spiro atoms. The van der Waals surface area contributed by atoms with E-state index < -0.39 is 9.84 Å². The molecule has 0 atom stereocenters. The molecule has 1 rings (SSSR count). The summed E-state index contributed by atoms with van der Waals surface area (Å²) in [6.45, 7) is 0. The van der Waals surface area contributed by atoms with Gasteiger partial charge >= 0.3 is 0 Å². The second-order valence-electron chi connectivity index (χ2n) is 5.01. The van der Waals surface area contributed by atoms with Crippen LogP contribution in [-0.2, 0) is 9.84 Å². The Morgan fingerprint density at radius 3 is 2.00 bits per heavy atom. The molecule has 90 valence electrons. The highest BCUT2D eigenvalue weighted by Crippen LogP contribution is 2.27. The quantitative estimate of drug-likeness (QED) is 0.809. The van der Waals surface area contributed by atoms with Crippen LogP contribution >= 0.6 is 0 Å². The van der Waals surface area contributed by atoms with Crippen molar-refractivity contribution < 1.29 is 8.42 Å². The van der Waals surface area contributed by atoms with Gasteiger partial charge in [-0.25, -0.2) is 8.42 Å². The minimum atomic E-state index is -2.86. The number of sulfone groups is 1. The minimum Gasteiger partial charge on any atom is -0.325 e. The highest BCUT2D eigenvalue weighted by Gasteiger charge is 2.26. The Balaban J connectivity index is 2.47. The molecule has 0 unspecified atom stereocenters. The molecule has 0 aromatic heterocycles. The molecule has 0 saturated heterocycles. The van der Waals surface area contributed by atoms with Gasteiger partial charge < -0.3 is 5.73 Å². The van der Waals surface area contributed by atoms with Gasteiger partial charge in [0.2, 0.25) is 0 Å². The lowest BCUT2D eigenvalue weighted by molar-refractivity contribution is 0.308. The van der Waals surface area contributed by atoms with Crippen molar-refractivity contribution in [1.29, 1.82) is 0 Å². The molecule has 0 amide bonds. The molecule has 1 aliphatic rings. The minimum absolute atomic E-state index is 0.219. The Bertz CT molecular complexity index is 277. The number of hydrogen-bond acceptors (Lipinski definition) is 3. The first-order valence-corrected chi connectivity index (χ1v) is 7.94. The van der Waals surface area contributed by atoms with E-state index in [0.717, 1.165) is 25.7 Å². The molecule has 0 radical (unpaired) electrons. The van der Waals surface area contributed by atoms with Crippen LogP contribution in [0.15, 0.2) is 0 Å². The summed E-state index contributed by atoms with van der Waals surface area (Å²) in [5.74, 6) is 0.240. The van der Waals surface area contributed by atoms with E-state index in [1.165, 1.54) is 25.5 Å². The van der Waals surface area contributed by atoms with Gasteiger partial charge in [0.25, 0.3) is 0 Å². The van der Waals surface area contributed by atoms with E-state index in [2.05, 4.69) is 0 Å². The average molecular weight is 233 g/mol. The van der Waals surface area contributed by atoms with Crippen molar-refractivity contribution in [3.63, 3.8) is 0 Å². The lowest BCUT2D eigenvalue weighted by Crippen LogP contribution is -2.41. The van der Waals surface area contributed by atoms with E-state index in [9.17, 15) is 8.42 Å². The van der Waals surface area contributed by atoms with Gasteiger partial charge in [-0.05, 0) is 19.3 Å². The van der Waals surface area contributed by atoms with Crippen molar-refractivity contribution in [2.24, 2.45) is 5.73 Å². The van der Waals surface area contributed by atoms with Crippen molar-refractivity contribution in [3.8, 4) is 0 Å². The summed E-state index contributed by atoms with van der Waals surface area (Å²) in [5, 5.41) is 0. The third kappa shape index (κ3) is 5.52. The fraction of sp³-hybridized carbons (Fsp3) is 1.00. The molecule has 4 heteroatoms. The van der Waals surface area contributed by atoms with E-state index in [4.69, 9.17) is 5.73 Å². The van der Waals surface area contributed by atoms with Crippen LogP contribution in [0.3, 0.4) is 0 Å². The maximum absolute atomic E-state index is 11.1. The van der Waals surface area contributed by atoms with Crippen molar-refractivity contribution in [2.75, 3.05) is 12.0 Å². The SMILES string of the molecule is CS(=O)(=O)CCC1(N)CCCCCCC1. The standard InChI is InChI=1S/C11H23NO2S/c1-15(13,14)10-9-11(12)7-5-3-2-4-6-8-11/h2-10,12H2,1H3. The molecule has 0 aromatic carbocycles. The van der Waals surface area contributed by atoms with Crippen LogP contribution in [0.2, 0.25) is 0 Å². The maximum Gasteiger partial charge on any atom is 0.147 e. The number of rotatable bonds is 3. The smallest absolute Gasteiger partial charge is 0.147 e. The molecule has 2 N–H and O–H groups in total. The highest BCUT2D eigenvalue weighted by atomic mass is 32.2. The van der Waals surface area contributed by atoms with E-state index in [1.807, 2.05) is 0 Å². The van der Waals surface area contributed by atoms with Crippen molar-refractivity contribution >= 4 is 9.84 Å². The normalized spacial score (nSPS) is 23.1. The van der Waals surface area contributed by atoms with E-state index in [-0.39, 0.29) is 11.3 Å². The molecule has 1 saturated carbocycles. The van der Waals surface area contributed by atoms with Crippen LogP contribution in [0.4, 0.5) is 0 Å². The zero-order chi connectivity index (χ0) is 11.4. The molecule has 0 heterocycles. The Morgan fingerprint density at radius 1 is 1.07 bits per heavy atom. The van der Waals surface area contributed by atoms with Crippen LogP contribution < -0.4 is 5.73 Å². The second-order valence-corrected chi connectivity index (χ2v) is 7.27. The van der Waals surface area contributed by atoms with Crippen LogP contribution in [-0.4, -0.2) is 26.0 Å². The lowest BCUT2D eigenvalue weighted by Gasteiger charge is -2.31. The molecule has 0 aliphatic heterocycles. The van der Waals surface area contributed by atoms with Crippen LogP contribution in [0.25, 0.3) is 0 Å². The summed E-state index contributed by atoms with van der Waals surface area (Å²) >= 11 is 0. The first-order valence-electron chi connectivity index (χ1n) is 5.88. The topological polar surface area (TPSA) is 60.2 Å². The molecule has 1 aliphatic carbocycles. The van der Waals surface area contributed by atoms with Gasteiger partial charge in [0, 0.05) is 11.8 Å². The summed E-state index contributed by atoms with van der Waals surface area (Å²) in [6.07, 6.45) is 10.0. The van der Waals surface area contributed by atoms with E-state index in [0.29, 0.717) is 6.42 Å². The van der Waals surface area contributed by atoms with Crippen LogP contribution in [0, 0.1) is 0 Å². The molecular weight excluding hydrogens is 210 g/mol. The largest absolute Gasteiger partial charge is 0.325 e. The van der Waals surface area contributed by atoms with Gasteiger partial charge in [-0.1, -0.05) is 32.1 Å². The fourth-order valence-electron chi connectivity index (χ4n) is 2.25. The molecule has 0 bridgehead atoms. The summed E-state index contributed by atoms with van der Waals surface area (Å²) in [4.78, 5) is 0. The molecule has 3 nitrogen and oxygen atoms in total. The van der Waals surface area contributed by atoms with Gasteiger partial charge in [-0.15, -0.1) is 0 Å². The predicted molar refractivity (Wildman–Crippen MR) is 63.6 cm³/mol. The predicted octanol–water partition coefficient (Wildman–Crippen LogP) is 1.86. The highest BCUT2D eigenvalue weighted by molar-refractivity contribution is 7.90. The van der Waals surface area contributed by atoms with Gasteiger partial charge in [-0.3, -0.25) is 0 Å². The zero-order valence-electron chi connectivity index (χ0n) is 9.67. The van der Waals surface area contributed by atoms with Gasteiger partial charge in [0.05, 0.1) is 5.75 Å². The lowest BCUT2D eigenvalue weighted by atomic mass is 9.83. The van der Waals surface area contributed by atoms with E-state index in [1.54, 1.807) is 0 Å². The summed E-state index contributed by atoms with van der Waals surface area (Å²) in [6, 6.07) is 0. The molecule has 1 fully saturated rings. The fourth-order valence-corrected chi connectivity index (χ4v) is 3.03. The maximum atomic E-state index is 11.1.